The first-order valence-corrected chi connectivity index (χ1v) is 11.2. The van der Waals surface area contributed by atoms with E-state index in [0.717, 1.165) is 10.4 Å². The lowest BCUT2D eigenvalue weighted by Crippen LogP contribution is -2.38. The van der Waals surface area contributed by atoms with Crippen molar-refractivity contribution in [2.45, 2.75) is 11.8 Å². The molecule has 0 radical (unpaired) electrons. The van der Waals surface area contributed by atoms with Crippen LogP contribution in [0.25, 0.3) is 0 Å². The van der Waals surface area contributed by atoms with E-state index in [-0.39, 0.29) is 15.6 Å². The van der Waals surface area contributed by atoms with Crippen LogP contribution in [0.4, 0.5) is 15.8 Å². The van der Waals surface area contributed by atoms with Gasteiger partial charge in [-0.15, -0.1) is 0 Å². The zero-order chi connectivity index (χ0) is 22.4. The van der Waals surface area contributed by atoms with Gasteiger partial charge in [-0.05, 0) is 61.5 Å². The van der Waals surface area contributed by atoms with Crippen molar-refractivity contribution in [2.24, 2.45) is 0 Å². The molecular formula is C22H20ClFN2O4S. The Labute approximate surface area is 185 Å². The molecule has 0 bridgehead atoms. The van der Waals surface area contributed by atoms with Crippen LogP contribution in [0.2, 0.25) is 5.02 Å². The molecule has 162 valence electrons. The maximum atomic E-state index is 13.3. The van der Waals surface area contributed by atoms with E-state index in [4.69, 9.17) is 16.3 Å². The number of nitrogens with zero attached hydrogens (tertiary/aromatic N) is 1. The van der Waals surface area contributed by atoms with E-state index < -0.39 is 28.3 Å². The van der Waals surface area contributed by atoms with E-state index in [9.17, 15) is 17.6 Å². The number of rotatable bonds is 8. The van der Waals surface area contributed by atoms with Gasteiger partial charge in [-0.3, -0.25) is 9.10 Å². The van der Waals surface area contributed by atoms with E-state index in [1.54, 1.807) is 42.5 Å². The lowest BCUT2D eigenvalue weighted by atomic mass is 10.3. The van der Waals surface area contributed by atoms with Crippen molar-refractivity contribution in [3.63, 3.8) is 0 Å². The monoisotopic (exact) mass is 462 g/mol. The van der Waals surface area contributed by atoms with E-state index in [1.165, 1.54) is 24.3 Å². The predicted molar refractivity (Wildman–Crippen MR) is 119 cm³/mol. The van der Waals surface area contributed by atoms with E-state index in [1.807, 2.05) is 6.92 Å². The van der Waals surface area contributed by atoms with Gasteiger partial charge < -0.3 is 10.1 Å². The molecule has 1 amide bonds. The number of halogens is 2. The minimum absolute atomic E-state index is 0.0115. The van der Waals surface area contributed by atoms with E-state index in [0.29, 0.717) is 18.0 Å². The highest BCUT2D eigenvalue weighted by atomic mass is 35.5. The molecule has 1 N–H and O–H groups in total. The molecule has 6 nitrogen and oxygen atoms in total. The molecule has 0 aliphatic rings. The predicted octanol–water partition coefficient (Wildman–Crippen LogP) is 4.71. The quantitative estimate of drug-likeness (QED) is 0.526. The van der Waals surface area contributed by atoms with Crippen LogP contribution >= 0.6 is 11.6 Å². The lowest BCUT2D eigenvalue weighted by Gasteiger charge is -2.24. The number of carbonyl (C=O) groups is 1. The molecule has 3 aromatic rings. The van der Waals surface area contributed by atoms with Crippen molar-refractivity contribution in [2.75, 3.05) is 22.8 Å². The SMILES string of the molecule is CCOc1ccc(S(=O)(=O)N(CC(=O)Nc2ccc(F)c(Cl)c2)c2ccccc2)cc1. The summed E-state index contributed by atoms with van der Waals surface area (Å²) in [6, 6.07) is 17.9. The number of hydrogen-bond donors (Lipinski definition) is 1. The van der Waals surface area contributed by atoms with Crippen molar-refractivity contribution in [3.05, 3.63) is 83.6 Å². The molecule has 0 saturated heterocycles. The minimum Gasteiger partial charge on any atom is -0.494 e. The molecule has 0 aromatic heterocycles. The van der Waals surface area contributed by atoms with Crippen molar-refractivity contribution in [1.29, 1.82) is 0 Å². The largest absolute Gasteiger partial charge is 0.494 e. The Balaban J connectivity index is 1.89. The van der Waals surface area contributed by atoms with Gasteiger partial charge >= 0.3 is 0 Å². The molecule has 0 spiro atoms. The Morgan fingerprint density at radius 3 is 2.35 bits per heavy atom. The standard InChI is InChI=1S/C22H20ClFN2O4S/c1-2-30-18-9-11-19(12-10-18)31(28,29)26(17-6-4-3-5-7-17)15-22(27)25-16-8-13-21(24)20(23)14-16/h3-14H,2,15H2,1H3,(H,25,27). The second-order valence-electron chi connectivity index (χ2n) is 6.43. The van der Waals surface area contributed by atoms with Crippen LogP contribution in [0.1, 0.15) is 6.92 Å². The van der Waals surface area contributed by atoms with Crippen molar-refractivity contribution >= 4 is 38.9 Å². The number of anilines is 2. The fourth-order valence-corrected chi connectivity index (χ4v) is 4.42. The van der Waals surface area contributed by atoms with Crippen LogP contribution in [0, 0.1) is 5.82 Å². The van der Waals surface area contributed by atoms with Gasteiger partial charge in [-0.2, -0.15) is 0 Å². The van der Waals surface area contributed by atoms with Crippen LogP contribution in [0.15, 0.2) is 77.7 Å². The first-order chi connectivity index (χ1) is 14.8. The fourth-order valence-electron chi connectivity index (χ4n) is 2.82. The summed E-state index contributed by atoms with van der Waals surface area (Å²) >= 11 is 5.74. The number of hydrogen-bond acceptors (Lipinski definition) is 4. The Kier molecular flexibility index (Phi) is 7.14. The van der Waals surface area contributed by atoms with Gasteiger partial charge in [0.2, 0.25) is 5.91 Å². The third-order valence-corrected chi connectivity index (χ3v) is 6.34. The Morgan fingerprint density at radius 1 is 1.06 bits per heavy atom. The van der Waals surface area contributed by atoms with Crippen LogP contribution in [0.3, 0.4) is 0 Å². The zero-order valence-electron chi connectivity index (χ0n) is 16.6. The average Bonchev–Trinajstić information content (AvgIpc) is 2.76. The Bertz CT molecular complexity index is 1160. The zero-order valence-corrected chi connectivity index (χ0v) is 18.2. The van der Waals surface area contributed by atoms with Crippen LogP contribution in [-0.2, 0) is 14.8 Å². The fraction of sp³-hybridized carbons (Fsp3) is 0.136. The van der Waals surface area contributed by atoms with Crippen molar-refractivity contribution < 1.29 is 22.3 Å². The number of sulfonamides is 1. The van der Waals surface area contributed by atoms with Crippen molar-refractivity contribution in [1.82, 2.24) is 0 Å². The number of amides is 1. The average molecular weight is 463 g/mol. The highest BCUT2D eigenvalue weighted by molar-refractivity contribution is 7.92. The van der Waals surface area contributed by atoms with E-state index >= 15 is 0 Å². The van der Waals surface area contributed by atoms with Crippen LogP contribution < -0.4 is 14.4 Å². The van der Waals surface area contributed by atoms with E-state index in [2.05, 4.69) is 5.32 Å². The second-order valence-corrected chi connectivity index (χ2v) is 8.70. The molecule has 0 unspecified atom stereocenters. The lowest BCUT2D eigenvalue weighted by molar-refractivity contribution is -0.114. The Morgan fingerprint density at radius 2 is 1.74 bits per heavy atom. The summed E-state index contributed by atoms with van der Waals surface area (Å²) in [5, 5.41) is 2.39. The number of carbonyl (C=O) groups excluding carboxylic acids is 1. The van der Waals surface area contributed by atoms with Gasteiger partial charge in [0, 0.05) is 5.69 Å². The van der Waals surface area contributed by atoms with Crippen molar-refractivity contribution in [3.8, 4) is 5.75 Å². The minimum atomic E-state index is -4.06. The van der Waals surface area contributed by atoms with Gasteiger partial charge in [0.05, 0.1) is 22.2 Å². The summed E-state index contributed by atoms with van der Waals surface area (Å²) in [6.07, 6.45) is 0. The molecule has 9 heteroatoms. The third kappa shape index (κ3) is 5.53. The summed E-state index contributed by atoms with van der Waals surface area (Å²) < 4.78 is 46.4. The Hall–Kier alpha value is -3.10. The van der Waals surface area contributed by atoms with Gasteiger partial charge in [0.25, 0.3) is 10.0 Å². The normalized spacial score (nSPS) is 11.1. The maximum Gasteiger partial charge on any atom is 0.264 e. The molecule has 0 aliphatic heterocycles. The maximum absolute atomic E-state index is 13.3. The summed E-state index contributed by atoms with van der Waals surface area (Å²) in [5.41, 5.74) is 0.576. The molecule has 0 aliphatic carbocycles. The summed E-state index contributed by atoms with van der Waals surface area (Å²) in [7, 11) is -4.06. The summed E-state index contributed by atoms with van der Waals surface area (Å²) in [6.45, 7) is 1.79. The smallest absolute Gasteiger partial charge is 0.264 e. The molecule has 0 atom stereocenters. The number of para-hydroxylation sites is 1. The molecule has 3 rings (SSSR count). The van der Waals surface area contributed by atoms with Crippen LogP contribution in [0.5, 0.6) is 5.75 Å². The van der Waals surface area contributed by atoms with Gasteiger partial charge in [-0.25, -0.2) is 12.8 Å². The number of ether oxygens (including phenoxy) is 1. The third-order valence-electron chi connectivity index (χ3n) is 4.26. The highest BCUT2D eigenvalue weighted by Gasteiger charge is 2.27. The first-order valence-electron chi connectivity index (χ1n) is 9.37. The summed E-state index contributed by atoms with van der Waals surface area (Å²) in [4.78, 5) is 12.6. The topological polar surface area (TPSA) is 75.7 Å². The summed E-state index contributed by atoms with van der Waals surface area (Å²) in [5.74, 6) is -0.691. The highest BCUT2D eigenvalue weighted by Crippen LogP contribution is 2.25. The van der Waals surface area contributed by atoms with Crippen LogP contribution in [-0.4, -0.2) is 27.5 Å². The van der Waals surface area contributed by atoms with Gasteiger partial charge in [0.15, 0.2) is 0 Å². The number of benzene rings is 3. The molecule has 31 heavy (non-hydrogen) atoms. The molecule has 0 fully saturated rings. The molecule has 0 saturated carbocycles. The second kappa shape index (κ2) is 9.80. The molecule has 0 heterocycles. The van der Waals surface area contributed by atoms with Gasteiger partial charge in [0.1, 0.15) is 18.1 Å². The van der Waals surface area contributed by atoms with Gasteiger partial charge in [-0.1, -0.05) is 29.8 Å². The molecular weight excluding hydrogens is 443 g/mol. The number of nitrogens with one attached hydrogen (secondary N) is 1. The molecule has 3 aromatic carbocycles. The first kappa shape index (κ1) is 22.6.